The van der Waals surface area contributed by atoms with Crippen molar-refractivity contribution in [1.82, 2.24) is 15.5 Å². The van der Waals surface area contributed by atoms with Gasteiger partial charge in [0, 0.05) is 18.0 Å². The second-order valence-corrected chi connectivity index (χ2v) is 6.97. The minimum absolute atomic E-state index is 0. The first kappa shape index (κ1) is 20.7. The average molecular weight is 450 g/mol. The summed E-state index contributed by atoms with van der Waals surface area (Å²) in [7, 11) is 0. The van der Waals surface area contributed by atoms with Crippen molar-refractivity contribution in [2.75, 3.05) is 32.7 Å². The summed E-state index contributed by atoms with van der Waals surface area (Å²) < 4.78 is 0. The van der Waals surface area contributed by atoms with Crippen molar-refractivity contribution in [1.29, 1.82) is 0 Å². The summed E-state index contributed by atoms with van der Waals surface area (Å²) in [6.07, 6.45) is 3.87. The van der Waals surface area contributed by atoms with Gasteiger partial charge in [0.1, 0.15) is 0 Å². The number of likely N-dealkylation sites (tertiary alicyclic amines) is 1. The van der Waals surface area contributed by atoms with E-state index in [1.165, 1.54) is 43.8 Å². The molecule has 0 saturated carbocycles. The van der Waals surface area contributed by atoms with Gasteiger partial charge in [0.05, 0.1) is 6.54 Å². The third-order valence-corrected chi connectivity index (χ3v) is 4.98. The topological polar surface area (TPSA) is 39.7 Å². The molecule has 1 aromatic heterocycles. The summed E-state index contributed by atoms with van der Waals surface area (Å²) in [4.78, 5) is 8.58. The summed E-state index contributed by atoms with van der Waals surface area (Å²) in [5, 5.41) is 8.98. The van der Waals surface area contributed by atoms with Crippen molar-refractivity contribution in [2.24, 2.45) is 10.9 Å². The van der Waals surface area contributed by atoms with Gasteiger partial charge >= 0.3 is 0 Å². The lowest BCUT2D eigenvalue weighted by molar-refractivity contribution is 0.185. The molecule has 1 aliphatic rings. The Bertz CT molecular complexity index is 428. The molecule has 2 rings (SSSR count). The van der Waals surface area contributed by atoms with Gasteiger partial charge in [-0.05, 0) is 63.2 Å². The number of hydrogen-bond acceptors (Lipinski definition) is 3. The Kier molecular flexibility index (Phi) is 10.9. The van der Waals surface area contributed by atoms with Crippen molar-refractivity contribution in [3.05, 3.63) is 22.4 Å². The van der Waals surface area contributed by atoms with Gasteiger partial charge < -0.3 is 15.5 Å². The van der Waals surface area contributed by atoms with Crippen molar-refractivity contribution >= 4 is 41.3 Å². The van der Waals surface area contributed by atoms with Gasteiger partial charge in [-0.15, -0.1) is 35.3 Å². The Morgan fingerprint density at radius 3 is 2.70 bits per heavy atom. The summed E-state index contributed by atoms with van der Waals surface area (Å²) in [5.41, 5.74) is 0. The van der Waals surface area contributed by atoms with E-state index in [-0.39, 0.29) is 24.0 Å². The number of nitrogens with one attached hydrogen (secondary N) is 2. The van der Waals surface area contributed by atoms with Crippen molar-refractivity contribution in [3.63, 3.8) is 0 Å². The maximum atomic E-state index is 4.68. The highest BCUT2D eigenvalue weighted by atomic mass is 127. The van der Waals surface area contributed by atoms with E-state index >= 15 is 0 Å². The Balaban J connectivity index is 0.00000264. The third kappa shape index (κ3) is 7.85. The van der Waals surface area contributed by atoms with Crippen LogP contribution in [0.4, 0.5) is 0 Å². The molecule has 6 heteroatoms. The fourth-order valence-electron chi connectivity index (χ4n) is 2.87. The normalized spacial score (nSPS) is 16.9. The number of hydrogen-bond donors (Lipinski definition) is 2. The molecule has 1 aliphatic heterocycles. The minimum Gasteiger partial charge on any atom is -0.357 e. The largest absolute Gasteiger partial charge is 0.357 e. The van der Waals surface area contributed by atoms with Crippen molar-refractivity contribution < 1.29 is 0 Å². The molecular weight excluding hydrogens is 419 g/mol. The molecule has 132 valence electrons. The number of nitrogens with zero attached hydrogens (tertiary/aromatic N) is 2. The molecule has 2 N–H and O–H groups in total. The highest BCUT2D eigenvalue weighted by molar-refractivity contribution is 14.0. The number of aliphatic imine (C=N–C) groups is 1. The van der Waals surface area contributed by atoms with E-state index in [4.69, 9.17) is 0 Å². The summed E-state index contributed by atoms with van der Waals surface area (Å²) >= 11 is 1.77. The van der Waals surface area contributed by atoms with E-state index in [0.717, 1.165) is 31.5 Å². The van der Waals surface area contributed by atoms with E-state index < -0.39 is 0 Å². The van der Waals surface area contributed by atoms with Crippen LogP contribution in [0.3, 0.4) is 0 Å². The Morgan fingerprint density at radius 2 is 2.09 bits per heavy atom. The molecule has 0 aromatic carbocycles. The average Bonchev–Trinajstić information content (AvgIpc) is 3.05. The molecule has 0 bridgehead atoms. The zero-order chi connectivity index (χ0) is 15.6. The molecular formula is C17H31IN4S. The van der Waals surface area contributed by atoms with Crippen LogP contribution in [-0.2, 0) is 6.54 Å². The smallest absolute Gasteiger partial charge is 0.191 e. The molecule has 1 aromatic rings. The molecule has 0 unspecified atom stereocenters. The summed E-state index contributed by atoms with van der Waals surface area (Å²) in [6.45, 7) is 10.9. The Morgan fingerprint density at radius 1 is 1.30 bits per heavy atom. The van der Waals surface area contributed by atoms with Crippen molar-refractivity contribution in [3.8, 4) is 0 Å². The molecule has 0 aliphatic carbocycles. The first-order chi connectivity index (χ1) is 10.8. The van der Waals surface area contributed by atoms with E-state index in [9.17, 15) is 0 Å². The molecule has 0 spiro atoms. The fraction of sp³-hybridized carbons (Fsp3) is 0.706. The second kappa shape index (κ2) is 12.1. The van der Waals surface area contributed by atoms with Crippen LogP contribution in [0.5, 0.6) is 0 Å². The number of guanidine groups is 1. The Labute approximate surface area is 162 Å². The van der Waals surface area contributed by atoms with Crippen molar-refractivity contribution in [2.45, 2.75) is 39.7 Å². The SMILES string of the molecule is CCCN1CCC(CNC(=NCc2cccs2)NCC)CC1.I. The van der Waals surface area contributed by atoms with Crippen LogP contribution < -0.4 is 10.6 Å². The van der Waals surface area contributed by atoms with Gasteiger partial charge in [0.15, 0.2) is 5.96 Å². The number of thiophene rings is 1. The highest BCUT2D eigenvalue weighted by Crippen LogP contribution is 2.16. The van der Waals surface area contributed by atoms with Crippen LogP contribution in [0.25, 0.3) is 0 Å². The predicted molar refractivity (Wildman–Crippen MR) is 112 cm³/mol. The van der Waals surface area contributed by atoms with Gasteiger partial charge in [0.25, 0.3) is 0 Å². The molecule has 1 saturated heterocycles. The van der Waals surface area contributed by atoms with Gasteiger partial charge in [0.2, 0.25) is 0 Å². The lowest BCUT2D eigenvalue weighted by atomic mass is 9.97. The van der Waals surface area contributed by atoms with E-state index in [0.29, 0.717) is 0 Å². The standard InChI is InChI=1S/C17H30N4S.HI/c1-3-9-21-10-7-15(8-11-21)13-19-17(18-4-2)20-14-16-6-5-12-22-16;/h5-6,12,15H,3-4,7-11,13-14H2,1-2H3,(H2,18,19,20);1H. The molecule has 0 amide bonds. The lowest BCUT2D eigenvalue weighted by Crippen LogP contribution is -2.43. The van der Waals surface area contributed by atoms with E-state index in [2.05, 4.69) is 51.9 Å². The molecule has 0 radical (unpaired) electrons. The van der Waals surface area contributed by atoms with Crippen LogP contribution in [0.2, 0.25) is 0 Å². The van der Waals surface area contributed by atoms with Gasteiger partial charge in [-0.25, -0.2) is 4.99 Å². The summed E-state index contributed by atoms with van der Waals surface area (Å²) in [5.74, 6) is 1.73. The molecule has 23 heavy (non-hydrogen) atoms. The quantitative estimate of drug-likeness (QED) is 0.379. The number of halogens is 1. The zero-order valence-corrected chi connectivity index (χ0v) is 17.5. The summed E-state index contributed by atoms with van der Waals surface area (Å²) in [6, 6.07) is 4.22. The minimum atomic E-state index is 0. The van der Waals surface area contributed by atoms with Gasteiger partial charge in [-0.2, -0.15) is 0 Å². The van der Waals surface area contributed by atoms with Gasteiger partial charge in [-0.1, -0.05) is 13.0 Å². The maximum Gasteiger partial charge on any atom is 0.191 e. The van der Waals surface area contributed by atoms with Crippen LogP contribution in [-0.4, -0.2) is 43.6 Å². The second-order valence-electron chi connectivity index (χ2n) is 5.94. The Hall–Kier alpha value is -0.340. The number of rotatable bonds is 7. The molecule has 0 atom stereocenters. The monoisotopic (exact) mass is 450 g/mol. The molecule has 2 heterocycles. The van der Waals surface area contributed by atoms with Crippen LogP contribution >= 0.6 is 35.3 Å². The molecule has 1 fully saturated rings. The fourth-order valence-corrected chi connectivity index (χ4v) is 3.50. The first-order valence-corrected chi connectivity index (χ1v) is 9.46. The lowest BCUT2D eigenvalue weighted by Gasteiger charge is -2.32. The van der Waals surface area contributed by atoms with Gasteiger partial charge in [-0.3, -0.25) is 0 Å². The molecule has 4 nitrogen and oxygen atoms in total. The first-order valence-electron chi connectivity index (χ1n) is 8.58. The van der Waals surface area contributed by atoms with E-state index in [1.54, 1.807) is 11.3 Å². The predicted octanol–water partition coefficient (Wildman–Crippen LogP) is 3.54. The van der Waals surface area contributed by atoms with Crippen LogP contribution in [0.1, 0.15) is 38.0 Å². The van der Waals surface area contributed by atoms with Crippen LogP contribution in [0, 0.1) is 5.92 Å². The van der Waals surface area contributed by atoms with E-state index in [1.807, 2.05) is 0 Å². The highest BCUT2D eigenvalue weighted by Gasteiger charge is 2.18. The third-order valence-electron chi connectivity index (χ3n) is 4.12. The number of piperidine rings is 1. The maximum absolute atomic E-state index is 4.68. The van der Waals surface area contributed by atoms with Crippen LogP contribution in [0.15, 0.2) is 22.5 Å². The zero-order valence-electron chi connectivity index (χ0n) is 14.4.